The second-order valence-corrected chi connectivity index (χ2v) is 5.98. The molecule has 0 saturated carbocycles. The normalized spacial score (nSPS) is 34.5. The van der Waals surface area contributed by atoms with E-state index in [1.54, 1.807) is 0 Å². The summed E-state index contributed by atoms with van der Waals surface area (Å²) in [5.74, 6) is 0. The molecule has 0 radical (unpaired) electrons. The van der Waals surface area contributed by atoms with Crippen molar-refractivity contribution in [3.63, 3.8) is 0 Å². The quantitative estimate of drug-likeness (QED) is 0.791. The van der Waals surface area contributed by atoms with Gasteiger partial charge >= 0.3 is 0 Å². The molecule has 3 nitrogen and oxygen atoms in total. The zero-order valence-corrected chi connectivity index (χ0v) is 11.0. The lowest BCUT2D eigenvalue weighted by Crippen LogP contribution is -2.46. The van der Waals surface area contributed by atoms with Crippen LogP contribution in [0.5, 0.6) is 0 Å². The Balaban J connectivity index is 1.76. The molecule has 16 heavy (non-hydrogen) atoms. The number of ether oxygens (including phenoxy) is 1. The van der Waals surface area contributed by atoms with Gasteiger partial charge in [-0.05, 0) is 53.1 Å². The molecule has 2 unspecified atom stereocenters. The van der Waals surface area contributed by atoms with Gasteiger partial charge in [0, 0.05) is 19.1 Å². The molecular weight excluding hydrogens is 200 g/mol. The van der Waals surface area contributed by atoms with Crippen LogP contribution in [0.25, 0.3) is 0 Å². The van der Waals surface area contributed by atoms with Gasteiger partial charge in [0.05, 0.1) is 11.7 Å². The van der Waals surface area contributed by atoms with Crippen LogP contribution in [-0.4, -0.2) is 49.3 Å². The third-order valence-electron chi connectivity index (χ3n) is 3.94. The highest BCUT2D eigenvalue weighted by Gasteiger charge is 2.33. The summed E-state index contributed by atoms with van der Waals surface area (Å²) in [7, 11) is 2.24. The van der Waals surface area contributed by atoms with Gasteiger partial charge in [0.1, 0.15) is 0 Å². The molecule has 94 valence electrons. The molecule has 0 spiro atoms. The topological polar surface area (TPSA) is 24.5 Å². The standard InChI is InChI=1S/C13H26N2O/c1-13(2)7-6-12(16-13)10-15(3)11-5-4-8-14-9-11/h11-12,14H,4-10H2,1-3H3. The lowest BCUT2D eigenvalue weighted by Gasteiger charge is -2.33. The summed E-state index contributed by atoms with van der Waals surface area (Å²) in [6, 6.07) is 0.709. The molecule has 3 heteroatoms. The first-order valence-electron chi connectivity index (χ1n) is 6.66. The van der Waals surface area contributed by atoms with E-state index in [0.717, 1.165) is 13.1 Å². The Hall–Kier alpha value is -0.120. The highest BCUT2D eigenvalue weighted by molar-refractivity contribution is 4.84. The van der Waals surface area contributed by atoms with Gasteiger partial charge in [0.15, 0.2) is 0 Å². The monoisotopic (exact) mass is 226 g/mol. The zero-order chi connectivity index (χ0) is 11.6. The van der Waals surface area contributed by atoms with E-state index in [2.05, 4.69) is 31.1 Å². The number of rotatable bonds is 3. The van der Waals surface area contributed by atoms with Gasteiger partial charge in [-0.15, -0.1) is 0 Å². The van der Waals surface area contributed by atoms with Gasteiger partial charge in [0.2, 0.25) is 0 Å². The molecule has 2 rings (SSSR count). The van der Waals surface area contributed by atoms with Gasteiger partial charge in [-0.2, -0.15) is 0 Å². The lowest BCUT2D eigenvalue weighted by atomic mass is 10.0. The fourth-order valence-electron chi connectivity index (χ4n) is 2.89. The maximum absolute atomic E-state index is 6.05. The van der Waals surface area contributed by atoms with Crippen molar-refractivity contribution in [1.29, 1.82) is 0 Å². The molecule has 2 aliphatic heterocycles. The largest absolute Gasteiger partial charge is 0.371 e. The summed E-state index contributed by atoms with van der Waals surface area (Å²) in [6.45, 7) is 7.84. The lowest BCUT2D eigenvalue weighted by molar-refractivity contribution is -0.0311. The van der Waals surface area contributed by atoms with E-state index in [-0.39, 0.29) is 5.60 Å². The average Bonchev–Trinajstić information content (AvgIpc) is 2.59. The molecule has 1 N–H and O–H groups in total. The summed E-state index contributed by atoms with van der Waals surface area (Å²) in [4.78, 5) is 2.48. The predicted molar refractivity (Wildman–Crippen MR) is 66.7 cm³/mol. The van der Waals surface area contributed by atoms with Gasteiger partial charge in [-0.3, -0.25) is 4.90 Å². The molecule has 2 heterocycles. The highest BCUT2D eigenvalue weighted by Crippen LogP contribution is 2.29. The molecular formula is C13H26N2O. The summed E-state index contributed by atoms with van der Waals surface area (Å²) >= 11 is 0. The fraction of sp³-hybridized carbons (Fsp3) is 1.00. The Kier molecular flexibility index (Phi) is 3.88. The Bertz CT molecular complexity index is 224. The number of nitrogens with one attached hydrogen (secondary N) is 1. The van der Waals surface area contributed by atoms with Crippen molar-refractivity contribution in [2.24, 2.45) is 0 Å². The van der Waals surface area contributed by atoms with E-state index >= 15 is 0 Å². The third-order valence-corrected chi connectivity index (χ3v) is 3.94. The first-order valence-corrected chi connectivity index (χ1v) is 6.66. The van der Waals surface area contributed by atoms with E-state index < -0.39 is 0 Å². The van der Waals surface area contributed by atoms with Gasteiger partial charge in [0.25, 0.3) is 0 Å². The van der Waals surface area contributed by atoms with Crippen molar-refractivity contribution in [1.82, 2.24) is 10.2 Å². The number of hydrogen-bond donors (Lipinski definition) is 1. The van der Waals surface area contributed by atoms with Crippen LogP contribution in [0.1, 0.15) is 39.5 Å². The summed E-state index contributed by atoms with van der Waals surface area (Å²) < 4.78 is 6.05. The summed E-state index contributed by atoms with van der Waals surface area (Å²) in [5.41, 5.74) is 0.107. The molecule has 2 saturated heterocycles. The molecule has 0 bridgehead atoms. The molecule has 0 aromatic rings. The van der Waals surface area contributed by atoms with E-state index in [4.69, 9.17) is 4.74 Å². The zero-order valence-electron chi connectivity index (χ0n) is 11.0. The third kappa shape index (κ3) is 3.19. The van der Waals surface area contributed by atoms with Crippen LogP contribution in [0.2, 0.25) is 0 Å². The Morgan fingerprint density at radius 1 is 1.38 bits per heavy atom. The molecule has 2 atom stereocenters. The number of piperidine rings is 1. The maximum Gasteiger partial charge on any atom is 0.0710 e. The van der Waals surface area contributed by atoms with Crippen LogP contribution in [-0.2, 0) is 4.74 Å². The molecule has 0 amide bonds. The maximum atomic E-state index is 6.05. The van der Waals surface area contributed by atoms with Crippen LogP contribution in [0.3, 0.4) is 0 Å². The second-order valence-electron chi connectivity index (χ2n) is 5.98. The molecule has 2 aliphatic rings. The van der Waals surface area contributed by atoms with E-state index in [1.807, 2.05) is 0 Å². The van der Waals surface area contributed by atoms with Gasteiger partial charge in [-0.1, -0.05) is 0 Å². The highest BCUT2D eigenvalue weighted by atomic mass is 16.5. The Labute approximate surface area is 99.5 Å². The predicted octanol–water partition coefficient (Wildman–Crippen LogP) is 1.63. The smallest absolute Gasteiger partial charge is 0.0710 e. The average molecular weight is 226 g/mol. The van der Waals surface area contributed by atoms with Crippen molar-refractivity contribution in [3.8, 4) is 0 Å². The van der Waals surface area contributed by atoms with Crippen molar-refractivity contribution in [2.45, 2.75) is 57.3 Å². The van der Waals surface area contributed by atoms with Crippen molar-refractivity contribution in [2.75, 3.05) is 26.7 Å². The summed E-state index contributed by atoms with van der Waals surface area (Å²) in [5, 5.41) is 3.47. The first-order chi connectivity index (χ1) is 7.57. The second kappa shape index (κ2) is 5.03. The van der Waals surface area contributed by atoms with E-state index in [9.17, 15) is 0 Å². The molecule has 0 aromatic carbocycles. The van der Waals surface area contributed by atoms with Gasteiger partial charge in [-0.25, -0.2) is 0 Å². The number of likely N-dealkylation sites (N-methyl/N-ethyl adjacent to an activating group) is 1. The van der Waals surface area contributed by atoms with Crippen molar-refractivity contribution < 1.29 is 4.74 Å². The Morgan fingerprint density at radius 2 is 2.19 bits per heavy atom. The van der Waals surface area contributed by atoms with E-state index in [0.29, 0.717) is 12.1 Å². The Morgan fingerprint density at radius 3 is 2.75 bits per heavy atom. The van der Waals surface area contributed by atoms with Crippen LogP contribution in [0, 0.1) is 0 Å². The minimum atomic E-state index is 0.107. The van der Waals surface area contributed by atoms with Gasteiger partial charge < -0.3 is 10.1 Å². The molecule has 0 aromatic heterocycles. The fourth-order valence-corrected chi connectivity index (χ4v) is 2.89. The van der Waals surface area contributed by atoms with Crippen molar-refractivity contribution >= 4 is 0 Å². The number of hydrogen-bond acceptors (Lipinski definition) is 3. The van der Waals surface area contributed by atoms with Crippen LogP contribution in [0.4, 0.5) is 0 Å². The van der Waals surface area contributed by atoms with Crippen LogP contribution < -0.4 is 5.32 Å². The molecule has 0 aliphatic carbocycles. The first kappa shape index (κ1) is 12.3. The van der Waals surface area contributed by atoms with E-state index in [1.165, 1.54) is 32.2 Å². The number of nitrogens with zero attached hydrogens (tertiary/aromatic N) is 1. The molecule has 2 fully saturated rings. The van der Waals surface area contributed by atoms with Crippen LogP contribution in [0.15, 0.2) is 0 Å². The minimum Gasteiger partial charge on any atom is -0.371 e. The SMILES string of the molecule is CN(CC1CCC(C)(C)O1)C1CCCNC1. The van der Waals surface area contributed by atoms with Crippen molar-refractivity contribution in [3.05, 3.63) is 0 Å². The van der Waals surface area contributed by atoms with Crippen LogP contribution >= 0.6 is 0 Å². The summed E-state index contributed by atoms with van der Waals surface area (Å²) in [6.07, 6.45) is 5.51. The minimum absolute atomic E-state index is 0.107.